The van der Waals surface area contributed by atoms with Crippen LogP contribution in [0.1, 0.15) is 20.3 Å². The number of hydrogen-bond acceptors (Lipinski definition) is 6. The molecule has 0 aliphatic rings. The van der Waals surface area contributed by atoms with Gasteiger partial charge in [-0.3, -0.25) is 0 Å². The van der Waals surface area contributed by atoms with Crippen molar-refractivity contribution in [2.45, 2.75) is 20.3 Å². The van der Waals surface area contributed by atoms with Crippen LogP contribution in [0.25, 0.3) is 0 Å². The molecule has 1 rings (SSSR count). The average molecular weight is 240 g/mol. The Balaban J connectivity index is 2.72. The second-order valence-corrected chi connectivity index (χ2v) is 4.63. The van der Waals surface area contributed by atoms with Crippen LogP contribution in [0.3, 0.4) is 0 Å². The Labute approximate surface area is 101 Å². The molecule has 1 aromatic rings. The van der Waals surface area contributed by atoms with E-state index in [1.807, 2.05) is 0 Å². The van der Waals surface area contributed by atoms with Crippen molar-refractivity contribution in [2.24, 2.45) is 5.41 Å². The molecule has 0 radical (unpaired) electrons. The lowest BCUT2D eigenvalue weighted by molar-refractivity contribution is 0.220. The van der Waals surface area contributed by atoms with Gasteiger partial charge in [0, 0.05) is 13.2 Å². The maximum absolute atomic E-state index is 8.95. The maximum Gasteiger partial charge on any atom is 0.203 e. The van der Waals surface area contributed by atoms with Crippen LogP contribution in [0.4, 0.5) is 11.6 Å². The zero-order valence-electron chi connectivity index (χ0n) is 10.5. The minimum absolute atomic E-state index is 0.0283. The Morgan fingerprint density at radius 1 is 1.47 bits per heavy atom. The smallest absolute Gasteiger partial charge is 0.203 e. The van der Waals surface area contributed by atoms with Crippen LogP contribution in [-0.4, -0.2) is 35.3 Å². The van der Waals surface area contributed by atoms with Gasteiger partial charge in [0.2, 0.25) is 5.75 Å². The number of hydrogen-bond donors (Lipinski definition) is 3. The Hall–Kier alpha value is -1.56. The summed E-state index contributed by atoms with van der Waals surface area (Å²) in [6, 6.07) is 0. The molecule has 0 aliphatic heterocycles. The molecule has 1 heterocycles. The van der Waals surface area contributed by atoms with Crippen LogP contribution in [0, 0.1) is 5.41 Å². The number of aliphatic hydroxyl groups excluding tert-OH is 1. The molecule has 0 saturated carbocycles. The number of nitrogen functional groups attached to an aromatic ring is 1. The molecule has 6 heteroatoms. The fraction of sp³-hybridized carbons (Fsp3) is 0.636. The van der Waals surface area contributed by atoms with Crippen molar-refractivity contribution in [3.05, 3.63) is 6.33 Å². The number of nitrogens with two attached hydrogens (primary N) is 1. The van der Waals surface area contributed by atoms with Crippen LogP contribution in [0.5, 0.6) is 5.75 Å². The van der Waals surface area contributed by atoms with Crippen LogP contribution >= 0.6 is 0 Å². The Morgan fingerprint density at radius 3 is 2.76 bits per heavy atom. The molecule has 0 aliphatic carbocycles. The fourth-order valence-corrected chi connectivity index (χ4v) is 1.43. The minimum Gasteiger partial charge on any atom is -0.490 e. The van der Waals surface area contributed by atoms with E-state index in [2.05, 4.69) is 29.1 Å². The van der Waals surface area contributed by atoms with Gasteiger partial charge in [0.25, 0.3) is 0 Å². The quantitative estimate of drug-likeness (QED) is 0.683. The number of aliphatic hydroxyl groups is 1. The molecule has 0 saturated heterocycles. The predicted molar refractivity (Wildman–Crippen MR) is 67.0 cm³/mol. The van der Waals surface area contributed by atoms with E-state index in [0.29, 0.717) is 30.4 Å². The lowest BCUT2D eigenvalue weighted by atomic mass is 9.90. The summed E-state index contributed by atoms with van der Waals surface area (Å²) in [6.07, 6.45) is 2.10. The molecule has 0 aromatic carbocycles. The molecule has 96 valence electrons. The fourth-order valence-electron chi connectivity index (χ4n) is 1.43. The van der Waals surface area contributed by atoms with E-state index in [0.717, 1.165) is 0 Å². The van der Waals surface area contributed by atoms with Crippen molar-refractivity contribution >= 4 is 11.6 Å². The van der Waals surface area contributed by atoms with Gasteiger partial charge in [0.05, 0.1) is 7.11 Å². The SMILES string of the molecule is COc1c(N)ncnc1NCC(C)(C)CCO. The molecule has 6 nitrogen and oxygen atoms in total. The van der Waals surface area contributed by atoms with E-state index in [4.69, 9.17) is 15.6 Å². The van der Waals surface area contributed by atoms with Crippen molar-refractivity contribution in [2.75, 3.05) is 31.3 Å². The van der Waals surface area contributed by atoms with Gasteiger partial charge in [-0.05, 0) is 11.8 Å². The van der Waals surface area contributed by atoms with Crippen LogP contribution in [0.2, 0.25) is 0 Å². The van der Waals surface area contributed by atoms with Gasteiger partial charge in [-0.1, -0.05) is 13.8 Å². The highest BCUT2D eigenvalue weighted by Gasteiger charge is 2.18. The maximum atomic E-state index is 8.95. The molecular formula is C11H20N4O2. The highest BCUT2D eigenvalue weighted by molar-refractivity contribution is 5.61. The molecule has 0 spiro atoms. The van der Waals surface area contributed by atoms with Crippen LogP contribution in [-0.2, 0) is 0 Å². The zero-order chi connectivity index (χ0) is 12.9. The number of aromatic nitrogens is 2. The third kappa shape index (κ3) is 3.74. The summed E-state index contributed by atoms with van der Waals surface area (Å²) in [5.74, 6) is 1.34. The van der Waals surface area contributed by atoms with Gasteiger partial charge < -0.3 is 20.9 Å². The van der Waals surface area contributed by atoms with Crippen molar-refractivity contribution in [3.63, 3.8) is 0 Å². The van der Waals surface area contributed by atoms with Crippen LogP contribution < -0.4 is 15.8 Å². The number of nitrogens with one attached hydrogen (secondary N) is 1. The molecular weight excluding hydrogens is 220 g/mol. The second-order valence-electron chi connectivity index (χ2n) is 4.63. The normalized spacial score (nSPS) is 11.3. The molecule has 0 bridgehead atoms. The first-order valence-electron chi connectivity index (χ1n) is 5.49. The van der Waals surface area contributed by atoms with Gasteiger partial charge in [-0.25, -0.2) is 9.97 Å². The largest absolute Gasteiger partial charge is 0.490 e. The van der Waals surface area contributed by atoms with Crippen molar-refractivity contribution in [1.29, 1.82) is 0 Å². The highest BCUT2D eigenvalue weighted by atomic mass is 16.5. The average Bonchev–Trinajstić information content (AvgIpc) is 2.26. The summed E-state index contributed by atoms with van der Waals surface area (Å²) in [7, 11) is 1.53. The lowest BCUT2D eigenvalue weighted by Gasteiger charge is -2.24. The van der Waals surface area contributed by atoms with Gasteiger partial charge in [0.1, 0.15) is 6.33 Å². The summed E-state index contributed by atoms with van der Waals surface area (Å²) >= 11 is 0. The van der Waals surface area contributed by atoms with E-state index in [-0.39, 0.29) is 12.0 Å². The Bertz CT molecular complexity index is 368. The van der Waals surface area contributed by atoms with Crippen molar-refractivity contribution in [3.8, 4) is 5.75 Å². The topological polar surface area (TPSA) is 93.3 Å². The molecule has 0 unspecified atom stereocenters. The molecule has 0 fully saturated rings. The van der Waals surface area contributed by atoms with E-state index >= 15 is 0 Å². The first-order chi connectivity index (χ1) is 8.00. The van der Waals surface area contributed by atoms with Crippen molar-refractivity contribution < 1.29 is 9.84 Å². The minimum atomic E-state index is -0.0283. The lowest BCUT2D eigenvalue weighted by Crippen LogP contribution is -2.25. The number of nitrogens with zero attached hydrogens (tertiary/aromatic N) is 2. The molecule has 0 amide bonds. The van der Waals surface area contributed by atoms with Gasteiger partial charge in [0.15, 0.2) is 11.6 Å². The van der Waals surface area contributed by atoms with Gasteiger partial charge >= 0.3 is 0 Å². The monoisotopic (exact) mass is 240 g/mol. The first kappa shape index (κ1) is 13.5. The first-order valence-corrected chi connectivity index (χ1v) is 5.49. The summed E-state index contributed by atoms with van der Waals surface area (Å²) in [5.41, 5.74) is 5.65. The third-order valence-corrected chi connectivity index (χ3v) is 2.56. The predicted octanol–water partition coefficient (Wildman–Crippen LogP) is 0.888. The molecule has 17 heavy (non-hydrogen) atoms. The molecule has 0 atom stereocenters. The van der Waals surface area contributed by atoms with Gasteiger partial charge in [-0.2, -0.15) is 0 Å². The standard InChI is InChI=1S/C11H20N4O2/c1-11(2,4-5-16)6-13-10-8(17-3)9(12)14-7-15-10/h7,16H,4-6H2,1-3H3,(H3,12,13,14,15). The summed E-state index contributed by atoms with van der Waals surface area (Å²) in [4.78, 5) is 7.94. The van der Waals surface area contributed by atoms with E-state index in [1.165, 1.54) is 13.4 Å². The molecule has 1 aromatic heterocycles. The summed E-state index contributed by atoms with van der Waals surface area (Å²) in [5, 5.41) is 12.1. The Morgan fingerprint density at radius 2 is 2.18 bits per heavy atom. The molecule has 4 N–H and O–H groups in total. The van der Waals surface area contributed by atoms with Crippen molar-refractivity contribution in [1.82, 2.24) is 9.97 Å². The zero-order valence-corrected chi connectivity index (χ0v) is 10.5. The van der Waals surface area contributed by atoms with Gasteiger partial charge in [-0.15, -0.1) is 0 Å². The van der Waals surface area contributed by atoms with E-state index in [9.17, 15) is 0 Å². The Kier molecular flexibility index (Phi) is 4.51. The van der Waals surface area contributed by atoms with E-state index in [1.54, 1.807) is 0 Å². The number of ether oxygens (including phenoxy) is 1. The van der Waals surface area contributed by atoms with Crippen LogP contribution in [0.15, 0.2) is 6.33 Å². The summed E-state index contributed by atoms with van der Waals surface area (Å²) < 4.78 is 5.14. The highest BCUT2D eigenvalue weighted by Crippen LogP contribution is 2.28. The third-order valence-electron chi connectivity index (χ3n) is 2.56. The second kappa shape index (κ2) is 5.67. The summed E-state index contributed by atoms with van der Waals surface area (Å²) in [6.45, 7) is 4.96. The number of methoxy groups -OCH3 is 1. The number of anilines is 2. The number of rotatable bonds is 6. The van der Waals surface area contributed by atoms with E-state index < -0.39 is 0 Å².